The lowest BCUT2D eigenvalue weighted by Gasteiger charge is -2.28. The molecule has 3 aromatic rings. The van der Waals surface area contributed by atoms with E-state index < -0.39 is 0 Å². The molecule has 0 aromatic heterocycles. The Morgan fingerprint density at radius 2 is 1.41 bits per heavy atom. The number of fused-ring (bicyclic) bond motifs is 1. The number of hydrogen-bond donors (Lipinski definition) is 2. The quantitative estimate of drug-likeness (QED) is 0.320. The molecule has 218 valence electrons. The van der Waals surface area contributed by atoms with Crippen LogP contribution in [-0.2, 0) is 15.6 Å². The van der Waals surface area contributed by atoms with E-state index in [2.05, 4.69) is 134 Å². The highest BCUT2D eigenvalue weighted by atomic mass is 16.3. The van der Waals surface area contributed by atoms with Crippen molar-refractivity contribution in [2.75, 3.05) is 23.3 Å². The number of phenolic OH excluding ortho intramolecular Hbond substituents is 1. The average Bonchev–Trinajstić information content (AvgIpc) is 3.20. The van der Waals surface area contributed by atoms with E-state index >= 15 is 0 Å². The van der Waals surface area contributed by atoms with Crippen molar-refractivity contribution in [3.63, 3.8) is 0 Å². The largest absolute Gasteiger partial charge is 0.507 e. The van der Waals surface area contributed by atoms with Gasteiger partial charge in [0.05, 0.1) is 6.54 Å². The summed E-state index contributed by atoms with van der Waals surface area (Å²) in [5.74, 6) is 1.00. The van der Waals surface area contributed by atoms with Crippen molar-refractivity contribution >= 4 is 28.9 Å². The van der Waals surface area contributed by atoms with Gasteiger partial charge in [-0.3, -0.25) is 4.79 Å². The smallest absolute Gasteiger partial charge is 0.243 e. The van der Waals surface area contributed by atoms with Gasteiger partial charge in [-0.1, -0.05) is 106 Å². The van der Waals surface area contributed by atoms with E-state index in [4.69, 9.17) is 0 Å². The number of hydrogen-bond acceptors (Lipinski definition) is 3. The van der Waals surface area contributed by atoms with Crippen LogP contribution in [0.25, 0.3) is 11.6 Å². The van der Waals surface area contributed by atoms with Crippen molar-refractivity contribution in [2.24, 2.45) is 0 Å². The number of carbonyl (C=O) groups excluding carboxylic acids is 1. The predicted octanol–water partition coefficient (Wildman–Crippen LogP) is 9.23. The predicted molar refractivity (Wildman–Crippen MR) is 175 cm³/mol. The van der Waals surface area contributed by atoms with Crippen LogP contribution in [0.1, 0.15) is 114 Å². The Hall–Kier alpha value is -3.53. The molecule has 41 heavy (non-hydrogen) atoms. The first-order chi connectivity index (χ1) is 19.1. The second-order valence-electron chi connectivity index (χ2n) is 14.2. The van der Waals surface area contributed by atoms with Gasteiger partial charge in [0.1, 0.15) is 5.75 Å². The lowest BCUT2D eigenvalue weighted by atomic mass is 9.78. The summed E-state index contributed by atoms with van der Waals surface area (Å²) in [5, 5.41) is 14.5. The fourth-order valence-corrected chi connectivity index (χ4v) is 5.79. The molecule has 3 aromatic carbocycles. The summed E-state index contributed by atoms with van der Waals surface area (Å²) in [5.41, 5.74) is 9.26. The van der Waals surface area contributed by atoms with Crippen LogP contribution in [0.5, 0.6) is 5.75 Å². The first-order valence-electron chi connectivity index (χ1n) is 14.9. The molecule has 0 aliphatic carbocycles. The first-order valence-corrected chi connectivity index (χ1v) is 14.9. The molecule has 0 saturated carbocycles. The Balaban J connectivity index is 1.68. The Bertz CT molecular complexity index is 1400. The highest BCUT2D eigenvalue weighted by Crippen LogP contribution is 2.42. The molecule has 0 saturated heterocycles. The van der Waals surface area contributed by atoms with Crippen LogP contribution < -0.4 is 10.2 Å². The monoisotopic (exact) mass is 552 g/mol. The Morgan fingerprint density at radius 3 is 1.93 bits per heavy atom. The van der Waals surface area contributed by atoms with Gasteiger partial charge in [-0.15, -0.1) is 0 Å². The molecule has 0 bridgehead atoms. The second kappa shape index (κ2) is 11.4. The lowest BCUT2D eigenvalue weighted by Crippen LogP contribution is -2.32. The molecule has 0 atom stereocenters. The number of aromatic hydroxyl groups is 1. The molecular formula is C37H48N2O2. The van der Waals surface area contributed by atoms with E-state index in [-0.39, 0.29) is 23.3 Å². The lowest BCUT2D eigenvalue weighted by molar-refractivity contribution is -0.115. The minimum atomic E-state index is -0.197. The summed E-state index contributed by atoms with van der Waals surface area (Å²) >= 11 is 0. The van der Waals surface area contributed by atoms with Crippen LogP contribution in [0.4, 0.5) is 11.4 Å². The van der Waals surface area contributed by atoms with Crippen molar-refractivity contribution in [3.05, 3.63) is 88.0 Å². The highest BCUT2D eigenvalue weighted by Gasteiger charge is 2.28. The molecule has 0 unspecified atom stereocenters. The minimum absolute atomic E-state index is 0.00859. The number of para-hydroxylation sites is 2. The number of amides is 1. The van der Waals surface area contributed by atoms with Crippen LogP contribution in [0.15, 0.2) is 54.6 Å². The number of rotatable bonds is 6. The zero-order chi connectivity index (χ0) is 30.3. The Labute approximate surface area is 247 Å². The molecule has 4 nitrogen and oxygen atoms in total. The Kier molecular flexibility index (Phi) is 8.45. The fourth-order valence-electron chi connectivity index (χ4n) is 5.79. The van der Waals surface area contributed by atoms with Gasteiger partial charge < -0.3 is 15.3 Å². The van der Waals surface area contributed by atoms with Gasteiger partial charge in [0, 0.05) is 34.6 Å². The van der Waals surface area contributed by atoms with Crippen LogP contribution in [0.3, 0.4) is 0 Å². The molecule has 0 radical (unpaired) electrons. The fraction of sp³-hybridized carbons (Fsp3) is 0.432. The molecule has 2 N–H and O–H groups in total. The molecule has 1 aliphatic heterocycles. The van der Waals surface area contributed by atoms with Crippen molar-refractivity contribution in [1.82, 2.24) is 0 Å². The third kappa shape index (κ3) is 6.53. The maximum absolute atomic E-state index is 13.5. The number of phenols is 1. The molecule has 1 amide bonds. The highest BCUT2D eigenvalue weighted by molar-refractivity contribution is 6.00. The molecule has 4 heteroatoms. The average molecular weight is 553 g/mol. The van der Waals surface area contributed by atoms with Crippen molar-refractivity contribution in [1.29, 1.82) is 0 Å². The first kappa shape index (κ1) is 30.4. The Morgan fingerprint density at radius 1 is 0.878 bits per heavy atom. The van der Waals surface area contributed by atoms with Crippen molar-refractivity contribution in [3.8, 4) is 5.75 Å². The van der Waals surface area contributed by atoms with E-state index in [9.17, 15) is 9.90 Å². The van der Waals surface area contributed by atoms with E-state index in [1.165, 1.54) is 16.7 Å². The van der Waals surface area contributed by atoms with Crippen LogP contribution >= 0.6 is 0 Å². The molecule has 4 rings (SSSR count). The standard InChI is InChI=1S/C37H48N2O2/c1-23(2)27-15-13-16-28(24(3)4)34(27)38-33(40)22-39-21-26(29-14-11-12-17-32(29)39)18-25-19-30(36(5,6)7)35(41)31(20-25)37(8,9)10/h11-20,23-24,41H,21-22H2,1-10H3,(H,38,40). The van der Waals surface area contributed by atoms with E-state index in [0.717, 1.165) is 33.6 Å². The normalized spacial score (nSPS) is 14.7. The summed E-state index contributed by atoms with van der Waals surface area (Å²) in [6.07, 6.45) is 2.23. The molecular weight excluding hydrogens is 504 g/mol. The van der Waals surface area contributed by atoms with Gasteiger partial charge in [-0.05, 0) is 69.2 Å². The number of carbonyl (C=O) groups is 1. The minimum Gasteiger partial charge on any atom is -0.507 e. The summed E-state index contributed by atoms with van der Waals surface area (Å²) < 4.78 is 0. The zero-order valence-electron chi connectivity index (χ0n) is 26.6. The van der Waals surface area contributed by atoms with Crippen LogP contribution in [-0.4, -0.2) is 24.1 Å². The number of nitrogens with one attached hydrogen (secondary N) is 1. The van der Waals surface area contributed by atoms with Gasteiger partial charge in [-0.2, -0.15) is 0 Å². The summed E-state index contributed by atoms with van der Waals surface area (Å²) in [6.45, 7) is 22.4. The summed E-state index contributed by atoms with van der Waals surface area (Å²) in [6, 6.07) is 18.9. The van der Waals surface area contributed by atoms with Gasteiger partial charge in [-0.25, -0.2) is 0 Å². The van der Waals surface area contributed by atoms with Crippen molar-refractivity contribution in [2.45, 2.75) is 91.9 Å². The van der Waals surface area contributed by atoms with E-state index in [1.54, 1.807) is 0 Å². The maximum Gasteiger partial charge on any atom is 0.243 e. The zero-order valence-corrected chi connectivity index (χ0v) is 26.6. The van der Waals surface area contributed by atoms with Crippen LogP contribution in [0.2, 0.25) is 0 Å². The number of nitrogens with zero attached hydrogens (tertiary/aromatic N) is 1. The van der Waals surface area contributed by atoms with Gasteiger partial charge >= 0.3 is 0 Å². The molecule has 0 spiro atoms. The van der Waals surface area contributed by atoms with Gasteiger partial charge in [0.2, 0.25) is 5.91 Å². The van der Waals surface area contributed by atoms with Crippen LogP contribution in [0, 0.1) is 0 Å². The van der Waals surface area contributed by atoms with Crippen molar-refractivity contribution < 1.29 is 9.90 Å². The van der Waals surface area contributed by atoms with E-state index in [0.29, 0.717) is 24.1 Å². The van der Waals surface area contributed by atoms with E-state index in [1.807, 2.05) is 6.07 Å². The second-order valence-corrected chi connectivity index (χ2v) is 14.2. The maximum atomic E-state index is 13.5. The molecule has 1 aliphatic rings. The summed E-state index contributed by atoms with van der Waals surface area (Å²) in [4.78, 5) is 15.7. The third-order valence-corrected chi connectivity index (χ3v) is 8.01. The SMILES string of the molecule is CC(C)c1cccc(C(C)C)c1NC(=O)CN1CC(=Cc2cc(C(C)(C)C)c(O)c(C(C)(C)C)c2)c2ccccc21. The van der Waals surface area contributed by atoms with Gasteiger partial charge in [0.25, 0.3) is 0 Å². The topological polar surface area (TPSA) is 52.6 Å². The number of benzene rings is 3. The summed E-state index contributed by atoms with van der Waals surface area (Å²) in [7, 11) is 0. The molecule has 1 heterocycles. The molecule has 0 fully saturated rings. The third-order valence-electron chi connectivity index (χ3n) is 8.01. The number of anilines is 2. The van der Waals surface area contributed by atoms with Gasteiger partial charge in [0.15, 0.2) is 0 Å².